The highest BCUT2D eigenvalue weighted by atomic mass is 16.2. The summed E-state index contributed by atoms with van der Waals surface area (Å²) in [7, 11) is 0. The highest BCUT2D eigenvalue weighted by Crippen LogP contribution is 2.19. The van der Waals surface area contributed by atoms with Gasteiger partial charge in [0, 0.05) is 13.1 Å². The molecule has 1 amide bonds. The number of fused-ring (bicyclic) bond motifs is 1. The van der Waals surface area contributed by atoms with E-state index < -0.39 is 0 Å². The first-order chi connectivity index (χ1) is 12.3. The third kappa shape index (κ3) is 4.48. The summed E-state index contributed by atoms with van der Waals surface area (Å²) in [4.78, 5) is 14.9. The number of rotatable bonds is 7. The largest absolute Gasteiger partial charge is 0.342 e. The summed E-state index contributed by atoms with van der Waals surface area (Å²) in [6.45, 7) is 3.72. The van der Waals surface area contributed by atoms with Crippen LogP contribution in [0.1, 0.15) is 24.5 Å². The molecule has 0 fully saturated rings. The van der Waals surface area contributed by atoms with E-state index in [0.29, 0.717) is 6.42 Å². The van der Waals surface area contributed by atoms with E-state index in [1.807, 2.05) is 29.2 Å². The van der Waals surface area contributed by atoms with Crippen molar-refractivity contribution in [3.8, 4) is 0 Å². The summed E-state index contributed by atoms with van der Waals surface area (Å²) in [5.74, 6) is 0.217. The van der Waals surface area contributed by atoms with Gasteiger partial charge in [-0.2, -0.15) is 0 Å². The van der Waals surface area contributed by atoms with Gasteiger partial charge in [0.25, 0.3) is 0 Å². The molecule has 3 aromatic carbocycles. The number of carbonyl (C=O) groups excluding carboxylic acids is 1. The molecule has 0 saturated carbocycles. The second-order valence-corrected chi connectivity index (χ2v) is 6.43. The summed E-state index contributed by atoms with van der Waals surface area (Å²) >= 11 is 0. The third-order valence-electron chi connectivity index (χ3n) is 4.58. The van der Waals surface area contributed by atoms with Crippen molar-refractivity contribution in [1.29, 1.82) is 0 Å². The van der Waals surface area contributed by atoms with Crippen LogP contribution in [0.3, 0.4) is 0 Å². The fraction of sp³-hybridized carbons (Fsp3) is 0.261. The van der Waals surface area contributed by atoms with Crippen LogP contribution in [0.4, 0.5) is 0 Å². The van der Waals surface area contributed by atoms with Gasteiger partial charge in [0.2, 0.25) is 5.91 Å². The van der Waals surface area contributed by atoms with E-state index in [0.717, 1.165) is 31.5 Å². The maximum Gasteiger partial charge on any atom is 0.227 e. The van der Waals surface area contributed by atoms with Crippen molar-refractivity contribution in [3.63, 3.8) is 0 Å². The van der Waals surface area contributed by atoms with Gasteiger partial charge in [0.05, 0.1) is 6.42 Å². The molecule has 0 spiro atoms. The lowest BCUT2D eigenvalue weighted by molar-refractivity contribution is -0.130. The minimum atomic E-state index is 0.217. The minimum Gasteiger partial charge on any atom is -0.342 e. The molecule has 2 nitrogen and oxygen atoms in total. The SMILES string of the molecule is CCCN(CCc1ccccc1)C(=O)Cc1cccc2ccccc12. The van der Waals surface area contributed by atoms with Gasteiger partial charge in [-0.25, -0.2) is 0 Å². The van der Waals surface area contributed by atoms with Crippen LogP contribution in [0.5, 0.6) is 0 Å². The summed E-state index contributed by atoms with van der Waals surface area (Å²) in [6, 6.07) is 24.9. The predicted octanol–water partition coefficient (Wildman–Crippen LogP) is 4.86. The Hall–Kier alpha value is -2.61. The number of amides is 1. The Morgan fingerprint density at radius 1 is 0.840 bits per heavy atom. The zero-order valence-electron chi connectivity index (χ0n) is 14.8. The molecule has 2 heteroatoms. The Kier molecular flexibility index (Phi) is 5.84. The van der Waals surface area contributed by atoms with Crippen molar-refractivity contribution in [2.24, 2.45) is 0 Å². The molecule has 0 saturated heterocycles. The van der Waals surface area contributed by atoms with E-state index in [9.17, 15) is 4.79 Å². The zero-order valence-corrected chi connectivity index (χ0v) is 14.8. The molecule has 0 aromatic heterocycles. The summed E-state index contributed by atoms with van der Waals surface area (Å²) in [6.07, 6.45) is 2.36. The van der Waals surface area contributed by atoms with Crippen LogP contribution in [-0.2, 0) is 17.6 Å². The molecule has 0 bridgehead atoms. The maximum atomic E-state index is 12.9. The van der Waals surface area contributed by atoms with Gasteiger partial charge in [0.15, 0.2) is 0 Å². The Bertz CT molecular complexity index is 820. The molecule has 0 N–H and O–H groups in total. The van der Waals surface area contributed by atoms with Gasteiger partial charge < -0.3 is 4.90 Å². The molecule has 0 atom stereocenters. The van der Waals surface area contributed by atoms with Crippen molar-refractivity contribution >= 4 is 16.7 Å². The Labute approximate surface area is 150 Å². The van der Waals surface area contributed by atoms with Crippen LogP contribution in [0.2, 0.25) is 0 Å². The first-order valence-corrected chi connectivity index (χ1v) is 9.06. The van der Waals surface area contributed by atoms with Crippen LogP contribution in [0, 0.1) is 0 Å². The summed E-state index contributed by atoms with van der Waals surface area (Å²) in [5.41, 5.74) is 2.39. The fourth-order valence-electron chi connectivity index (χ4n) is 3.26. The van der Waals surface area contributed by atoms with E-state index >= 15 is 0 Å². The average Bonchev–Trinajstić information content (AvgIpc) is 2.66. The molecule has 0 radical (unpaired) electrons. The second-order valence-electron chi connectivity index (χ2n) is 6.43. The van der Waals surface area contributed by atoms with Gasteiger partial charge in [-0.1, -0.05) is 79.7 Å². The monoisotopic (exact) mass is 331 g/mol. The topological polar surface area (TPSA) is 20.3 Å². The molecular weight excluding hydrogens is 306 g/mol. The number of hydrogen-bond donors (Lipinski definition) is 0. The molecule has 0 aliphatic carbocycles. The number of nitrogens with zero attached hydrogens (tertiary/aromatic N) is 1. The molecule has 25 heavy (non-hydrogen) atoms. The number of carbonyl (C=O) groups is 1. The zero-order chi connectivity index (χ0) is 17.5. The van der Waals surface area contributed by atoms with Crippen LogP contribution >= 0.6 is 0 Å². The number of benzene rings is 3. The minimum absolute atomic E-state index is 0.217. The fourth-order valence-corrected chi connectivity index (χ4v) is 3.26. The molecule has 3 aromatic rings. The lowest BCUT2D eigenvalue weighted by Gasteiger charge is -2.22. The van der Waals surface area contributed by atoms with Crippen molar-refractivity contribution in [1.82, 2.24) is 4.90 Å². The van der Waals surface area contributed by atoms with Crippen LogP contribution in [0.15, 0.2) is 72.8 Å². The predicted molar refractivity (Wildman–Crippen MR) is 105 cm³/mol. The normalized spacial score (nSPS) is 10.8. The first-order valence-electron chi connectivity index (χ1n) is 9.06. The van der Waals surface area contributed by atoms with Gasteiger partial charge in [0.1, 0.15) is 0 Å². The van der Waals surface area contributed by atoms with Gasteiger partial charge in [-0.15, -0.1) is 0 Å². The van der Waals surface area contributed by atoms with Crippen LogP contribution in [-0.4, -0.2) is 23.9 Å². The molecule has 0 aliphatic heterocycles. The average molecular weight is 331 g/mol. The highest BCUT2D eigenvalue weighted by Gasteiger charge is 2.14. The standard InChI is InChI=1S/C23H25NO/c1-2-16-24(17-15-19-9-4-3-5-10-19)23(25)18-21-13-8-12-20-11-6-7-14-22(20)21/h3-14H,2,15-18H2,1H3. The van der Waals surface area contributed by atoms with Crippen LogP contribution in [0.25, 0.3) is 10.8 Å². The van der Waals surface area contributed by atoms with Gasteiger partial charge in [-0.3, -0.25) is 4.79 Å². The van der Waals surface area contributed by atoms with E-state index in [2.05, 4.69) is 55.5 Å². The molecule has 0 heterocycles. The van der Waals surface area contributed by atoms with E-state index in [1.165, 1.54) is 16.3 Å². The van der Waals surface area contributed by atoms with Gasteiger partial charge >= 0.3 is 0 Å². The highest BCUT2D eigenvalue weighted by molar-refractivity contribution is 5.90. The van der Waals surface area contributed by atoms with Crippen molar-refractivity contribution in [2.75, 3.05) is 13.1 Å². The lowest BCUT2D eigenvalue weighted by atomic mass is 10.0. The van der Waals surface area contributed by atoms with E-state index in [-0.39, 0.29) is 5.91 Å². The van der Waals surface area contributed by atoms with Crippen molar-refractivity contribution < 1.29 is 4.79 Å². The maximum absolute atomic E-state index is 12.9. The van der Waals surface area contributed by atoms with Crippen molar-refractivity contribution in [2.45, 2.75) is 26.2 Å². The Balaban J connectivity index is 1.71. The molecule has 3 rings (SSSR count). The number of hydrogen-bond acceptors (Lipinski definition) is 1. The summed E-state index contributed by atoms with van der Waals surface area (Å²) in [5, 5.41) is 2.37. The van der Waals surface area contributed by atoms with Gasteiger partial charge in [-0.05, 0) is 34.7 Å². The smallest absolute Gasteiger partial charge is 0.227 e. The summed E-state index contributed by atoms with van der Waals surface area (Å²) < 4.78 is 0. The molecule has 128 valence electrons. The Morgan fingerprint density at radius 2 is 1.56 bits per heavy atom. The molecular formula is C23H25NO. The molecule has 0 unspecified atom stereocenters. The second kappa shape index (κ2) is 8.48. The lowest BCUT2D eigenvalue weighted by Crippen LogP contribution is -2.34. The third-order valence-corrected chi connectivity index (χ3v) is 4.58. The van der Waals surface area contributed by atoms with Crippen molar-refractivity contribution in [3.05, 3.63) is 83.9 Å². The van der Waals surface area contributed by atoms with Crippen LogP contribution < -0.4 is 0 Å². The van der Waals surface area contributed by atoms with E-state index in [1.54, 1.807) is 0 Å². The first kappa shape index (κ1) is 17.2. The molecule has 0 aliphatic rings. The van der Waals surface area contributed by atoms with E-state index in [4.69, 9.17) is 0 Å². The quantitative estimate of drug-likeness (QED) is 0.605. The Morgan fingerprint density at radius 3 is 2.36 bits per heavy atom.